The Hall–Kier alpha value is -1.69. The van der Waals surface area contributed by atoms with E-state index in [4.69, 9.17) is 0 Å². The molecular formula is C14H23N5O. The van der Waals surface area contributed by atoms with Crippen LogP contribution in [0.25, 0.3) is 0 Å². The molecule has 1 saturated heterocycles. The first-order chi connectivity index (χ1) is 9.70. The summed E-state index contributed by atoms with van der Waals surface area (Å²) in [5.74, 6) is 0.529. The van der Waals surface area contributed by atoms with Gasteiger partial charge in [0.15, 0.2) is 0 Å². The van der Waals surface area contributed by atoms with E-state index < -0.39 is 0 Å². The first-order valence-electron chi connectivity index (χ1n) is 7.29. The van der Waals surface area contributed by atoms with Crippen molar-refractivity contribution in [3.8, 4) is 0 Å². The molecular weight excluding hydrogens is 254 g/mol. The van der Waals surface area contributed by atoms with Gasteiger partial charge in [0.2, 0.25) is 0 Å². The molecule has 1 atom stereocenters. The van der Waals surface area contributed by atoms with E-state index >= 15 is 0 Å². The summed E-state index contributed by atoms with van der Waals surface area (Å²) in [7, 11) is 0. The summed E-state index contributed by atoms with van der Waals surface area (Å²) in [6, 6.07) is 0.371. The second-order valence-electron chi connectivity index (χ2n) is 5.12. The summed E-state index contributed by atoms with van der Waals surface area (Å²) in [5, 5.41) is 5.97. The molecule has 110 valence electrons. The van der Waals surface area contributed by atoms with Crippen molar-refractivity contribution in [2.45, 2.75) is 32.7 Å². The van der Waals surface area contributed by atoms with Crippen LogP contribution in [0.3, 0.4) is 0 Å². The smallest absolute Gasteiger partial charge is 0.271 e. The zero-order valence-corrected chi connectivity index (χ0v) is 12.2. The van der Waals surface area contributed by atoms with Crippen molar-refractivity contribution in [1.29, 1.82) is 0 Å². The predicted molar refractivity (Wildman–Crippen MR) is 78.8 cm³/mol. The molecule has 0 saturated carbocycles. The SMILES string of the molecule is CCNc1cnc(C(=O)NCC(C)N2CCCC2)cn1. The van der Waals surface area contributed by atoms with Crippen molar-refractivity contribution in [3.63, 3.8) is 0 Å². The summed E-state index contributed by atoms with van der Waals surface area (Å²) in [6.45, 7) is 7.83. The van der Waals surface area contributed by atoms with Gasteiger partial charge < -0.3 is 10.6 Å². The van der Waals surface area contributed by atoms with E-state index in [0.29, 0.717) is 24.1 Å². The van der Waals surface area contributed by atoms with Crippen LogP contribution in [0.15, 0.2) is 12.4 Å². The van der Waals surface area contributed by atoms with Crippen molar-refractivity contribution in [2.75, 3.05) is 31.5 Å². The topological polar surface area (TPSA) is 70.2 Å². The minimum atomic E-state index is -0.161. The lowest BCUT2D eigenvalue weighted by atomic mass is 10.3. The highest BCUT2D eigenvalue weighted by atomic mass is 16.1. The lowest BCUT2D eigenvalue weighted by molar-refractivity contribution is 0.0935. The second kappa shape index (κ2) is 7.19. The van der Waals surface area contributed by atoms with Crippen LogP contribution in [-0.2, 0) is 0 Å². The van der Waals surface area contributed by atoms with Crippen LogP contribution in [0.4, 0.5) is 5.82 Å². The number of likely N-dealkylation sites (tertiary alicyclic amines) is 1. The van der Waals surface area contributed by atoms with Gasteiger partial charge >= 0.3 is 0 Å². The maximum Gasteiger partial charge on any atom is 0.271 e. The Balaban J connectivity index is 1.81. The lowest BCUT2D eigenvalue weighted by Crippen LogP contribution is -2.40. The fourth-order valence-corrected chi connectivity index (χ4v) is 2.36. The molecule has 0 bridgehead atoms. The van der Waals surface area contributed by atoms with E-state index in [2.05, 4.69) is 32.4 Å². The first kappa shape index (κ1) is 14.7. The van der Waals surface area contributed by atoms with Crippen molar-refractivity contribution in [2.24, 2.45) is 0 Å². The van der Waals surface area contributed by atoms with Crippen LogP contribution in [-0.4, -0.2) is 53.0 Å². The van der Waals surface area contributed by atoms with Crippen LogP contribution in [0.2, 0.25) is 0 Å². The van der Waals surface area contributed by atoms with Crippen LogP contribution in [0.5, 0.6) is 0 Å². The van der Waals surface area contributed by atoms with E-state index in [9.17, 15) is 4.79 Å². The quantitative estimate of drug-likeness (QED) is 0.815. The van der Waals surface area contributed by atoms with Crippen molar-refractivity contribution < 1.29 is 4.79 Å². The summed E-state index contributed by atoms with van der Waals surface area (Å²) < 4.78 is 0. The Labute approximate surface area is 120 Å². The Morgan fingerprint density at radius 1 is 1.35 bits per heavy atom. The number of nitrogens with one attached hydrogen (secondary N) is 2. The number of rotatable bonds is 6. The largest absolute Gasteiger partial charge is 0.369 e. The summed E-state index contributed by atoms with van der Waals surface area (Å²) >= 11 is 0. The van der Waals surface area contributed by atoms with E-state index in [1.165, 1.54) is 19.0 Å². The molecule has 6 nitrogen and oxygen atoms in total. The summed E-state index contributed by atoms with van der Waals surface area (Å²) in [4.78, 5) is 22.7. The molecule has 1 aromatic rings. The van der Waals surface area contributed by atoms with E-state index in [-0.39, 0.29) is 5.91 Å². The first-order valence-corrected chi connectivity index (χ1v) is 7.29. The van der Waals surface area contributed by atoms with E-state index in [1.54, 1.807) is 6.20 Å². The van der Waals surface area contributed by atoms with Gasteiger partial charge in [-0.15, -0.1) is 0 Å². The molecule has 1 aromatic heterocycles. The lowest BCUT2D eigenvalue weighted by Gasteiger charge is -2.23. The molecule has 1 aliphatic heterocycles. The molecule has 2 N–H and O–H groups in total. The highest BCUT2D eigenvalue weighted by molar-refractivity contribution is 5.92. The van der Waals surface area contributed by atoms with Crippen molar-refractivity contribution in [3.05, 3.63) is 18.1 Å². The maximum atomic E-state index is 12.0. The molecule has 1 aliphatic rings. The van der Waals surface area contributed by atoms with Gasteiger partial charge in [0.1, 0.15) is 11.5 Å². The van der Waals surface area contributed by atoms with Gasteiger partial charge in [-0.2, -0.15) is 0 Å². The van der Waals surface area contributed by atoms with Gasteiger partial charge in [-0.3, -0.25) is 9.69 Å². The molecule has 0 aliphatic carbocycles. The van der Waals surface area contributed by atoms with Crippen LogP contribution in [0, 0.1) is 0 Å². The molecule has 2 heterocycles. The molecule has 0 aromatic carbocycles. The average molecular weight is 277 g/mol. The minimum absolute atomic E-state index is 0.161. The van der Waals surface area contributed by atoms with Crippen LogP contribution >= 0.6 is 0 Å². The van der Waals surface area contributed by atoms with Crippen molar-refractivity contribution >= 4 is 11.7 Å². The normalized spacial score (nSPS) is 16.9. The number of anilines is 1. The zero-order valence-electron chi connectivity index (χ0n) is 12.2. The van der Waals surface area contributed by atoms with E-state index in [0.717, 1.165) is 19.6 Å². The molecule has 2 rings (SSSR count). The maximum absolute atomic E-state index is 12.0. The van der Waals surface area contributed by atoms with Crippen LogP contribution < -0.4 is 10.6 Å². The van der Waals surface area contributed by atoms with Gasteiger partial charge in [-0.25, -0.2) is 9.97 Å². The molecule has 0 radical (unpaired) electrons. The Morgan fingerprint density at radius 3 is 2.70 bits per heavy atom. The van der Waals surface area contributed by atoms with Gasteiger partial charge in [0, 0.05) is 19.1 Å². The molecule has 6 heteroatoms. The zero-order chi connectivity index (χ0) is 14.4. The van der Waals surface area contributed by atoms with Gasteiger partial charge in [0.05, 0.1) is 12.4 Å². The van der Waals surface area contributed by atoms with Crippen LogP contribution in [0.1, 0.15) is 37.2 Å². The fraction of sp³-hybridized carbons (Fsp3) is 0.643. The third kappa shape index (κ3) is 3.90. The van der Waals surface area contributed by atoms with Gasteiger partial charge in [-0.05, 0) is 39.8 Å². The average Bonchev–Trinajstić information content (AvgIpc) is 3.00. The molecule has 20 heavy (non-hydrogen) atoms. The molecule has 0 spiro atoms. The molecule has 1 fully saturated rings. The highest BCUT2D eigenvalue weighted by Crippen LogP contribution is 2.10. The second-order valence-corrected chi connectivity index (χ2v) is 5.12. The van der Waals surface area contributed by atoms with Crippen molar-refractivity contribution in [1.82, 2.24) is 20.2 Å². The standard InChI is InChI=1S/C14H23N5O/c1-3-15-13-10-16-12(9-17-13)14(20)18-8-11(2)19-6-4-5-7-19/h9-11H,3-8H2,1-2H3,(H,15,17)(H,18,20). The third-order valence-corrected chi connectivity index (χ3v) is 3.56. The number of hydrogen-bond donors (Lipinski definition) is 2. The highest BCUT2D eigenvalue weighted by Gasteiger charge is 2.18. The fourth-order valence-electron chi connectivity index (χ4n) is 2.36. The Morgan fingerprint density at radius 2 is 2.10 bits per heavy atom. The van der Waals surface area contributed by atoms with Gasteiger partial charge in [-0.1, -0.05) is 0 Å². The predicted octanol–water partition coefficient (Wildman–Crippen LogP) is 1.12. The number of aromatic nitrogens is 2. The number of hydrogen-bond acceptors (Lipinski definition) is 5. The number of nitrogens with zero attached hydrogens (tertiary/aromatic N) is 3. The Kier molecular flexibility index (Phi) is 5.29. The van der Waals surface area contributed by atoms with E-state index in [1.807, 2.05) is 6.92 Å². The monoisotopic (exact) mass is 277 g/mol. The Bertz CT molecular complexity index is 428. The molecule has 1 amide bonds. The van der Waals surface area contributed by atoms with Gasteiger partial charge in [0.25, 0.3) is 5.91 Å². The number of carbonyl (C=O) groups is 1. The summed E-state index contributed by atoms with van der Waals surface area (Å²) in [6.07, 6.45) is 5.61. The third-order valence-electron chi connectivity index (χ3n) is 3.56. The minimum Gasteiger partial charge on any atom is -0.369 e. The number of amides is 1. The number of carbonyl (C=O) groups excluding carboxylic acids is 1. The summed E-state index contributed by atoms with van der Waals surface area (Å²) in [5.41, 5.74) is 0.361. The molecule has 1 unspecified atom stereocenters.